The van der Waals surface area contributed by atoms with Crippen LogP contribution in [0.4, 0.5) is 24.7 Å². The standard InChI is InChI=1S/C30H33F3N8O/c1-19(2)15-37-27-9-10-28-38-18-25(41(28)40-27)8-6-21-13-23(17-36-20(21)3)29(42)39-24-7-5-22(16-35-12-11-34-4)26(14-24)30(31,32)33/h5,7,9-10,13-14,17-19,34-35H,11-12,15-16H2,1-4H3,(H,37,40)(H,39,42). The molecule has 0 radical (unpaired) electrons. The number of hydrogen-bond acceptors (Lipinski definition) is 7. The molecule has 0 saturated carbocycles. The molecular formula is C30H33F3N8O. The van der Waals surface area contributed by atoms with E-state index < -0.39 is 17.6 Å². The number of likely N-dealkylation sites (N-methyl/N-ethyl adjacent to an activating group) is 1. The lowest BCUT2D eigenvalue weighted by molar-refractivity contribution is -0.138. The lowest BCUT2D eigenvalue weighted by Gasteiger charge is -2.16. The molecule has 0 saturated heterocycles. The smallest absolute Gasteiger partial charge is 0.368 e. The second kappa shape index (κ2) is 13.5. The van der Waals surface area contributed by atoms with E-state index in [4.69, 9.17) is 0 Å². The van der Waals surface area contributed by atoms with Gasteiger partial charge in [0.2, 0.25) is 0 Å². The number of aryl methyl sites for hydroxylation is 1. The van der Waals surface area contributed by atoms with Crippen LogP contribution in [-0.4, -0.2) is 52.2 Å². The van der Waals surface area contributed by atoms with E-state index in [1.807, 2.05) is 12.1 Å². The predicted molar refractivity (Wildman–Crippen MR) is 156 cm³/mol. The molecule has 1 aromatic carbocycles. The van der Waals surface area contributed by atoms with Crippen LogP contribution >= 0.6 is 0 Å². The Bertz CT molecular complexity index is 1620. The van der Waals surface area contributed by atoms with E-state index in [9.17, 15) is 18.0 Å². The quantitative estimate of drug-likeness (QED) is 0.162. The molecule has 0 atom stereocenters. The normalized spacial score (nSPS) is 11.4. The van der Waals surface area contributed by atoms with E-state index in [-0.39, 0.29) is 23.4 Å². The zero-order valence-electron chi connectivity index (χ0n) is 23.9. The zero-order chi connectivity index (χ0) is 30.3. The molecule has 4 rings (SSSR count). The molecule has 0 fully saturated rings. The molecule has 4 N–H and O–H groups in total. The number of carbonyl (C=O) groups is 1. The first-order chi connectivity index (χ1) is 20.0. The maximum absolute atomic E-state index is 13.8. The van der Waals surface area contributed by atoms with Crippen molar-refractivity contribution >= 4 is 23.1 Å². The molecule has 3 heterocycles. The second-order valence-electron chi connectivity index (χ2n) is 10.1. The Balaban J connectivity index is 1.53. The first-order valence-electron chi connectivity index (χ1n) is 13.5. The number of halogens is 3. The second-order valence-corrected chi connectivity index (χ2v) is 10.1. The van der Waals surface area contributed by atoms with Crippen LogP contribution in [0.25, 0.3) is 5.65 Å². The number of nitrogens with zero attached hydrogens (tertiary/aromatic N) is 4. The fourth-order valence-electron chi connectivity index (χ4n) is 3.99. The highest BCUT2D eigenvalue weighted by molar-refractivity contribution is 6.04. The van der Waals surface area contributed by atoms with Gasteiger partial charge >= 0.3 is 6.18 Å². The Morgan fingerprint density at radius 2 is 1.86 bits per heavy atom. The number of nitrogens with one attached hydrogen (secondary N) is 4. The summed E-state index contributed by atoms with van der Waals surface area (Å²) in [7, 11) is 1.76. The van der Waals surface area contributed by atoms with E-state index in [0.717, 1.165) is 12.6 Å². The minimum atomic E-state index is -4.58. The topological polar surface area (TPSA) is 108 Å². The molecule has 220 valence electrons. The van der Waals surface area contributed by atoms with Crippen LogP contribution in [0.1, 0.15) is 52.3 Å². The van der Waals surface area contributed by atoms with E-state index >= 15 is 0 Å². The SMILES string of the molecule is CNCCNCc1ccc(NC(=O)c2cnc(C)c(C#Cc3cnc4ccc(NCC(C)C)nn34)c2)cc1C(F)(F)F. The molecule has 4 aromatic rings. The summed E-state index contributed by atoms with van der Waals surface area (Å²) < 4.78 is 42.9. The summed E-state index contributed by atoms with van der Waals surface area (Å²) >= 11 is 0. The van der Waals surface area contributed by atoms with Gasteiger partial charge in [-0.05, 0) is 61.7 Å². The highest BCUT2D eigenvalue weighted by atomic mass is 19.4. The maximum atomic E-state index is 13.8. The summed E-state index contributed by atoms with van der Waals surface area (Å²) in [5.41, 5.74) is 1.74. The van der Waals surface area contributed by atoms with Crippen LogP contribution in [0.5, 0.6) is 0 Å². The van der Waals surface area contributed by atoms with Gasteiger partial charge in [-0.3, -0.25) is 9.78 Å². The van der Waals surface area contributed by atoms with Crippen LogP contribution < -0.4 is 21.3 Å². The van der Waals surface area contributed by atoms with Crippen LogP contribution in [0, 0.1) is 24.7 Å². The first kappa shape index (κ1) is 30.5. The largest absolute Gasteiger partial charge is 0.416 e. The average Bonchev–Trinajstić information content (AvgIpc) is 3.36. The molecule has 0 aliphatic heterocycles. The summed E-state index contributed by atoms with van der Waals surface area (Å²) in [6.45, 7) is 7.92. The van der Waals surface area contributed by atoms with Gasteiger partial charge in [0.25, 0.3) is 5.91 Å². The molecule has 9 nitrogen and oxygen atoms in total. The molecule has 0 aliphatic carbocycles. The summed E-state index contributed by atoms with van der Waals surface area (Å²) in [5, 5.41) is 16.3. The lowest BCUT2D eigenvalue weighted by atomic mass is 10.1. The first-order valence-corrected chi connectivity index (χ1v) is 13.5. The molecule has 1 amide bonds. The van der Waals surface area contributed by atoms with E-state index in [0.29, 0.717) is 47.4 Å². The predicted octanol–water partition coefficient (Wildman–Crippen LogP) is 4.48. The van der Waals surface area contributed by atoms with Crippen molar-refractivity contribution in [2.45, 2.75) is 33.5 Å². The number of alkyl halides is 3. The number of fused-ring (bicyclic) bond motifs is 1. The number of rotatable bonds is 10. The van der Waals surface area contributed by atoms with Crippen molar-refractivity contribution in [1.29, 1.82) is 0 Å². The molecular weight excluding hydrogens is 545 g/mol. The third kappa shape index (κ3) is 7.84. The van der Waals surface area contributed by atoms with Gasteiger partial charge < -0.3 is 21.3 Å². The number of imidazole rings is 1. The van der Waals surface area contributed by atoms with Gasteiger partial charge in [-0.2, -0.15) is 13.2 Å². The molecule has 0 spiro atoms. The van der Waals surface area contributed by atoms with Crippen molar-refractivity contribution in [3.63, 3.8) is 0 Å². The van der Waals surface area contributed by atoms with E-state index in [1.165, 1.54) is 18.3 Å². The van der Waals surface area contributed by atoms with Gasteiger partial charge in [-0.15, -0.1) is 5.10 Å². The van der Waals surface area contributed by atoms with Gasteiger partial charge in [0, 0.05) is 43.6 Å². The third-order valence-corrected chi connectivity index (χ3v) is 6.27. The van der Waals surface area contributed by atoms with E-state index in [1.54, 1.807) is 30.8 Å². The average molecular weight is 579 g/mol. The Morgan fingerprint density at radius 1 is 1.05 bits per heavy atom. The van der Waals surface area contributed by atoms with Gasteiger partial charge in [0.05, 0.1) is 23.0 Å². The Kier molecular flexibility index (Phi) is 9.77. The monoisotopic (exact) mass is 578 g/mol. The number of aromatic nitrogens is 4. The van der Waals surface area contributed by atoms with Crippen LogP contribution in [-0.2, 0) is 12.7 Å². The highest BCUT2D eigenvalue weighted by Gasteiger charge is 2.33. The van der Waals surface area contributed by atoms with Gasteiger partial charge in [0.15, 0.2) is 5.65 Å². The molecule has 0 bridgehead atoms. The minimum absolute atomic E-state index is 0.0261. The van der Waals surface area contributed by atoms with Gasteiger partial charge in [-0.25, -0.2) is 9.50 Å². The number of amides is 1. The fourth-order valence-corrected chi connectivity index (χ4v) is 3.99. The van der Waals surface area contributed by atoms with Crippen molar-refractivity contribution in [2.24, 2.45) is 5.92 Å². The van der Waals surface area contributed by atoms with Crippen LogP contribution in [0.2, 0.25) is 0 Å². The number of hydrogen-bond donors (Lipinski definition) is 4. The maximum Gasteiger partial charge on any atom is 0.416 e. The van der Waals surface area contributed by atoms with Crippen molar-refractivity contribution in [3.8, 4) is 11.8 Å². The molecule has 3 aromatic heterocycles. The van der Waals surface area contributed by atoms with Crippen molar-refractivity contribution in [1.82, 2.24) is 30.2 Å². The molecule has 42 heavy (non-hydrogen) atoms. The van der Waals surface area contributed by atoms with Crippen LogP contribution in [0.15, 0.2) is 48.8 Å². The van der Waals surface area contributed by atoms with Crippen LogP contribution in [0.3, 0.4) is 0 Å². The molecule has 0 unspecified atom stereocenters. The minimum Gasteiger partial charge on any atom is -0.368 e. The zero-order valence-corrected chi connectivity index (χ0v) is 23.9. The third-order valence-electron chi connectivity index (χ3n) is 6.27. The fraction of sp³-hybridized carbons (Fsp3) is 0.333. The summed E-state index contributed by atoms with van der Waals surface area (Å²) in [5.74, 6) is 6.61. The van der Waals surface area contributed by atoms with E-state index in [2.05, 4.69) is 62.0 Å². The van der Waals surface area contributed by atoms with Gasteiger partial charge in [-0.1, -0.05) is 25.8 Å². The Hall–Kier alpha value is -4.47. The number of carbonyl (C=O) groups excluding carboxylic acids is 1. The number of anilines is 2. The van der Waals surface area contributed by atoms with Crippen molar-refractivity contribution < 1.29 is 18.0 Å². The Morgan fingerprint density at radius 3 is 2.60 bits per heavy atom. The summed E-state index contributed by atoms with van der Waals surface area (Å²) in [6.07, 6.45) is -1.60. The number of pyridine rings is 1. The summed E-state index contributed by atoms with van der Waals surface area (Å²) in [6, 6.07) is 9.01. The number of benzene rings is 1. The summed E-state index contributed by atoms with van der Waals surface area (Å²) in [4.78, 5) is 21.6. The molecule has 0 aliphatic rings. The Labute approximate surface area is 242 Å². The van der Waals surface area contributed by atoms with Crippen molar-refractivity contribution in [3.05, 3.63) is 82.4 Å². The van der Waals surface area contributed by atoms with Gasteiger partial charge in [0.1, 0.15) is 11.5 Å². The van der Waals surface area contributed by atoms with Crippen molar-refractivity contribution in [2.75, 3.05) is 37.3 Å². The molecule has 12 heteroatoms. The lowest BCUT2D eigenvalue weighted by Crippen LogP contribution is -2.25. The highest BCUT2D eigenvalue weighted by Crippen LogP contribution is 2.34.